The van der Waals surface area contributed by atoms with Gasteiger partial charge in [-0.15, -0.1) is 0 Å². The van der Waals surface area contributed by atoms with E-state index in [1.807, 2.05) is 65.7 Å². The highest BCUT2D eigenvalue weighted by Gasteiger charge is 2.43. The third-order valence-corrected chi connectivity index (χ3v) is 14.6. The highest BCUT2D eigenvalue weighted by molar-refractivity contribution is 7.22. The summed E-state index contributed by atoms with van der Waals surface area (Å²) in [7, 11) is 0. The second kappa shape index (κ2) is 24.3. The van der Waals surface area contributed by atoms with Crippen molar-refractivity contribution >= 4 is 49.6 Å². The fourth-order valence-electron chi connectivity index (χ4n) is 9.60. The van der Waals surface area contributed by atoms with Gasteiger partial charge in [0.05, 0.1) is 53.5 Å². The van der Waals surface area contributed by atoms with E-state index >= 15 is 4.39 Å². The monoisotopic (exact) mass is 966 g/mol. The van der Waals surface area contributed by atoms with Crippen LogP contribution < -0.4 is 19.2 Å². The Morgan fingerprint density at radius 3 is 2.50 bits per heavy atom. The van der Waals surface area contributed by atoms with Crippen LogP contribution in [-0.2, 0) is 27.4 Å². The minimum Gasteiger partial charge on any atom is -0.493 e. The zero-order valence-corrected chi connectivity index (χ0v) is 40.9. The van der Waals surface area contributed by atoms with Crippen molar-refractivity contribution in [3.8, 4) is 17.2 Å². The number of hydrazone groups is 1. The van der Waals surface area contributed by atoms with Gasteiger partial charge in [-0.1, -0.05) is 67.5 Å². The number of benzene rings is 5. The Morgan fingerprint density at radius 2 is 1.67 bits per heavy atom. The van der Waals surface area contributed by atoms with E-state index in [0.29, 0.717) is 67.9 Å². The first-order valence-electron chi connectivity index (χ1n) is 25.2. The van der Waals surface area contributed by atoms with Crippen molar-refractivity contribution in [2.75, 3.05) is 37.9 Å². The Hall–Kier alpha value is -5.91. The van der Waals surface area contributed by atoms with Gasteiger partial charge in [0.25, 0.3) is 0 Å². The van der Waals surface area contributed by atoms with Crippen molar-refractivity contribution < 1.29 is 37.6 Å². The Balaban J connectivity index is 0.817. The number of epoxide rings is 1. The van der Waals surface area contributed by atoms with E-state index in [-0.39, 0.29) is 18.5 Å². The summed E-state index contributed by atoms with van der Waals surface area (Å²) >= 11 is 1.57. The van der Waals surface area contributed by atoms with Crippen LogP contribution in [0.2, 0.25) is 0 Å². The van der Waals surface area contributed by atoms with E-state index in [0.717, 1.165) is 100 Å². The predicted molar refractivity (Wildman–Crippen MR) is 274 cm³/mol. The Morgan fingerprint density at radius 1 is 0.857 bits per heavy atom. The maximum atomic E-state index is 15.6. The second-order valence-corrected chi connectivity index (χ2v) is 19.9. The molecule has 0 N–H and O–H groups in total. The van der Waals surface area contributed by atoms with Gasteiger partial charge >= 0.3 is 5.97 Å². The van der Waals surface area contributed by atoms with Gasteiger partial charge in [0.2, 0.25) is 11.7 Å². The summed E-state index contributed by atoms with van der Waals surface area (Å²) in [6, 6.07) is 29.4. The number of thiazole rings is 1. The van der Waals surface area contributed by atoms with Crippen molar-refractivity contribution in [2.45, 2.75) is 115 Å². The largest absolute Gasteiger partial charge is 0.493 e. The van der Waals surface area contributed by atoms with Crippen LogP contribution in [0.3, 0.4) is 0 Å². The van der Waals surface area contributed by atoms with Crippen LogP contribution in [0, 0.1) is 24.2 Å². The number of halogens is 1. The van der Waals surface area contributed by atoms with Crippen molar-refractivity contribution in [1.29, 1.82) is 0 Å². The lowest BCUT2D eigenvalue weighted by atomic mass is 9.85. The van der Waals surface area contributed by atoms with Gasteiger partial charge in [0.15, 0.2) is 11.6 Å². The number of para-hydroxylation sites is 1. The van der Waals surface area contributed by atoms with Crippen LogP contribution in [0.15, 0.2) is 102 Å². The number of hydrogen-bond acceptors (Lipinski definition) is 11. The topological polar surface area (TPSA) is 109 Å². The number of hydrogen-bond donors (Lipinski definition) is 0. The molecule has 0 radical (unpaired) electrons. The molecule has 6 aromatic rings. The van der Waals surface area contributed by atoms with Crippen molar-refractivity contribution in [3.05, 3.63) is 137 Å². The number of carbonyl (C=O) groups is 1. The van der Waals surface area contributed by atoms with Crippen LogP contribution in [0.5, 0.6) is 17.2 Å². The molecule has 1 aromatic heterocycles. The molecule has 70 heavy (non-hydrogen) atoms. The Kier molecular flexibility index (Phi) is 17.0. The molecule has 9 rings (SSSR count). The lowest BCUT2D eigenvalue weighted by molar-refractivity contribution is 0.00629. The average Bonchev–Trinajstić information content (AvgIpc) is 4.04. The quantitative estimate of drug-likeness (QED) is 0.0111. The summed E-state index contributed by atoms with van der Waals surface area (Å²) < 4.78 is 52.6. The van der Waals surface area contributed by atoms with E-state index in [1.54, 1.807) is 35.8 Å². The minimum absolute atomic E-state index is 0.0580. The molecule has 1 aliphatic heterocycles. The summed E-state index contributed by atoms with van der Waals surface area (Å²) in [5.74, 6) is 1.20. The molecule has 3 unspecified atom stereocenters. The van der Waals surface area contributed by atoms with Gasteiger partial charge in [-0.3, -0.25) is 0 Å². The first kappa shape index (κ1) is 49.1. The zero-order valence-electron chi connectivity index (χ0n) is 40.1. The highest BCUT2D eigenvalue weighted by Crippen LogP contribution is 2.39. The highest BCUT2D eigenvalue weighted by atomic mass is 32.1. The second-order valence-electron chi connectivity index (χ2n) is 18.9. The molecule has 0 amide bonds. The number of rotatable bonds is 24. The van der Waals surface area contributed by atoms with Gasteiger partial charge in [-0.05, 0) is 146 Å². The maximum Gasteiger partial charge on any atom is 0.343 e. The SMILES string of the molecule is [C-]#[N+]CCCCN(/N=C/c1cc(COC2CCC(CCC)CC2)ccc1OCc1ccc(OC(=O)c2ccc3cc(OCCCOCC4CCC5OC5C4)ccc3c2)c(F)c1)c1nc2ccccc2s1. The summed E-state index contributed by atoms with van der Waals surface area (Å²) in [6.45, 7) is 13.1. The van der Waals surface area contributed by atoms with Crippen molar-refractivity contribution in [1.82, 2.24) is 4.98 Å². The molecular weight excluding hydrogens is 904 g/mol. The number of fused-ring (bicyclic) bond motifs is 3. The van der Waals surface area contributed by atoms with E-state index in [9.17, 15) is 4.79 Å². The normalized spacial score (nSPS) is 19.8. The minimum atomic E-state index is -0.676. The lowest BCUT2D eigenvalue weighted by Crippen LogP contribution is -2.21. The molecule has 5 aromatic carbocycles. The van der Waals surface area contributed by atoms with Crippen LogP contribution in [0.25, 0.3) is 25.8 Å². The molecule has 0 spiro atoms. The maximum absolute atomic E-state index is 15.6. The smallest absolute Gasteiger partial charge is 0.343 e. The molecule has 13 heteroatoms. The average molecular weight is 967 g/mol. The fourth-order valence-corrected chi connectivity index (χ4v) is 10.6. The molecule has 0 bridgehead atoms. The van der Waals surface area contributed by atoms with Crippen LogP contribution >= 0.6 is 11.3 Å². The molecular formula is C57H63FN4O7S. The molecule has 11 nitrogen and oxygen atoms in total. The van der Waals surface area contributed by atoms with Crippen LogP contribution in [0.4, 0.5) is 9.52 Å². The molecule has 2 saturated carbocycles. The number of carbonyl (C=O) groups excluding carboxylic acids is 1. The van der Waals surface area contributed by atoms with E-state index < -0.39 is 11.8 Å². The van der Waals surface area contributed by atoms with E-state index in [2.05, 4.69) is 17.8 Å². The van der Waals surface area contributed by atoms with Crippen LogP contribution in [-0.4, -0.2) is 68.4 Å². The first-order chi connectivity index (χ1) is 34.4. The number of aromatic nitrogens is 1. The first-order valence-corrected chi connectivity index (χ1v) is 26.0. The predicted octanol–water partition coefficient (Wildman–Crippen LogP) is 13.2. The third kappa shape index (κ3) is 13.5. The zero-order chi connectivity index (χ0) is 48.1. The number of nitrogens with zero attached hydrogens (tertiary/aromatic N) is 4. The molecule has 2 heterocycles. The molecule has 3 fully saturated rings. The molecule has 3 atom stereocenters. The fraction of sp³-hybridized carbons (Fsp3) is 0.439. The van der Waals surface area contributed by atoms with Gasteiger partial charge in [0, 0.05) is 38.2 Å². The van der Waals surface area contributed by atoms with E-state index in [4.69, 9.17) is 45.1 Å². The van der Waals surface area contributed by atoms with Gasteiger partial charge in [-0.25, -0.2) is 25.7 Å². The molecule has 3 aliphatic rings. The lowest BCUT2D eigenvalue weighted by Gasteiger charge is -2.28. The number of esters is 1. The molecule has 2 aliphatic carbocycles. The summed E-state index contributed by atoms with van der Waals surface area (Å²) in [5, 5.41) is 9.37. The van der Waals surface area contributed by atoms with E-state index in [1.165, 1.54) is 44.2 Å². The summed E-state index contributed by atoms with van der Waals surface area (Å²) in [5.41, 5.74) is 3.51. The van der Waals surface area contributed by atoms with Gasteiger partial charge in [-0.2, -0.15) is 5.10 Å². The molecule has 1 saturated heterocycles. The van der Waals surface area contributed by atoms with Crippen LogP contribution in [0.1, 0.15) is 111 Å². The summed E-state index contributed by atoms with van der Waals surface area (Å²) in [6.07, 6.45) is 15.9. The van der Waals surface area contributed by atoms with Crippen molar-refractivity contribution in [2.24, 2.45) is 16.9 Å². The number of anilines is 1. The number of ether oxygens (including phenoxy) is 6. The Labute approximate surface area is 414 Å². The standard InChI is InChI=1S/C57H63FN4O7S/c1-3-9-39-12-20-47(21-13-39)66-37-40-14-23-51(46(30-40)35-60-62(27-7-6-26-59-2)57-61-50-10-4-5-11-55(50)70-57)67-38-41-15-24-52(49(58)31-41)69-56(63)45-18-17-44-34-48(22-19-43(44)33-45)65-29-8-28-64-36-42-16-25-53-54(32-42)68-53/h4-5,10-11,14-15,17-19,22-24,30-31,33-35,39,42,47,53-54H,3,6-9,12-13,16,20-21,25-29,32,36-38H2,1H3/b60-35+. The van der Waals surface area contributed by atoms with Gasteiger partial charge < -0.3 is 33.3 Å². The van der Waals surface area contributed by atoms with Crippen molar-refractivity contribution in [3.63, 3.8) is 0 Å². The van der Waals surface area contributed by atoms with Gasteiger partial charge in [0.1, 0.15) is 18.1 Å². The number of unbranched alkanes of at least 4 members (excludes halogenated alkanes) is 1. The third-order valence-electron chi connectivity index (χ3n) is 13.6. The summed E-state index contributed by atoms with van der Waals surface area (Å²) in [4.78, 5) is 21.7. The molecule has 366 valence electrons. The Bertz CT molecular complexity index is 2730.